The molecule has 0 amide bonds. The minimum atomic E-state index is 0.334. The smallest absolute Gasteiger partial charge is 0.141 e. The lowest BCUT2D eigenvalue weighted by Crippen LogP contribution is -1.90. The second-order valence-corrected chi connectivity index (χ2v) is 4.32. The molecule has 0 N–H and O–H groups in total. The van der Waals surface area contributed by atoms with E-state index in [1.165, 1.54) is 0 Å². The van der Waals surface area contributed by atoms with Crippen LogP contribution in [0.15, 0.2) is 30.5 Å². The molecule has 2 aromatic rings. The largest absolute Gasteiger partial charge is 0.496 e. The average Bonchev–Trinajstić information content (AvgIpc) is 2.41. The molecule has 18 heavy (non-hydrogen) atoms. The van der Waals surface area contributed by atoms with Gasteiger partial charge >= 0.3 is 0 Å². The van der Waals surface area contributed by atoms with E-state index in [-0.39, 0.29) is 0 Å². The van der Waals surface area contributed by atoms with Gasteiger partial charge in [-0.2, -0.15) is 5.26 Å². The van der Waals surface area contributed by atoms with Crippen LogP contribution in [-0.4, -0.2) is 12.1 Å². The Morgan fingerprint density at radius 2 is 1.94 bits per heavy atom. The molecule has 1 heterocycles. The number of hydrogen-bond donors (Lipinski definition) is 0. The Labute approximate surface area is 115 Å². The van der Waals surface area contributed by atoms with Crippen LogP contribution in [0.4, 0.5) is 0 Å². The van der Waals surface area contributed by atoms with Gasteiger partial charge in [0.05, 0.1) is 17.2 Å². The molecule has 0 unspecified atom stereocenters. The highest BCUT2D eigenvalue weighted by Crippen LogP contribution is 2.36. The third-order valence-electron chi connectivity index (χ3n) is 2.43. The molecule has 0 fully saturated rings. The first-order valence-electron chi connectivity index (χ1n) is 5.05. The summed E-state index contributed by atoms with van der Waals surface area (Å²) in [6.45, 7) is 0. The highest BCUT2D eigenvalue weighted by Gasteiger charge is 2.10. The number of aromatic nitrogens is 1. The number of nitrogens with zero attached hydrogens (tertiary/aromatic N) is 2. The zero-order valence-electron chi connectivity index (χ0n) is 9.45. The van der Waals surface area contributed by atoms with E-state index in [1.54, 1.807) is 37.6 Å². The van der Waals surface area contributed by atoms with Crippen LogP contribution in [0.5, 0.6) is 5.75 Å². The first-order valence-corrected chi connectivity index (χ1v) is 5.81. The highest BCUT2D eigenvalue weighted by molar-refractivity contribution is 6.42. The van der Waals surface area contributed by atoms with Gasteiger partial charge in [-0.15, -0.1) is 0 Å². The molecule has 90 valence electrons. The average molecular weight is 279 g/mol. The summed E-state index contributed by atoms with van der Waals surface area (Å²) in [4.78, 5) is 3.92. The Balaban J connectivity index is 2.62. The summed E-state index contributed by atoms with van der Waals surface area (Å²) in [5.74, 6) is 0.597. The lowest BCUT2D eigenvalue weighted by molar-refractivity contribution is 0.416. The number of pyridine rings is 1. The second-order valence-electron chi connectivity index (χ2n) is 3.51. The van der Waals surface area contributed by atoms with Crippen molar-refractivity contribution in [1.29, 1.82) is 5.26 Å². The zero-order valence-corrected chi connectivity index (χ0v) is 11.0. The quantitative estimate of drug-likeness (QED) is 0.836. The number of hydrogen-bond acceptors (Lipinski definition) is 3. The number of ether oxygens (including phenoxy) is 1. The topological polar surface area (TPSA) is 45.9 Å². The van der Waals surface area contributed by atoms with Crippen molar-refractivity contribution in [2.45, 2.75) is 0 Å². The fourth-order valence-electron chi connectivity index (χ4n) is 1.58. The standard InChI is InChI=1S/C13H8Cl2N2O/c1-18-13-6-12(15)11(14)5-10(13)8-2-3-17-9(4-8)7-16/h2-6H,1H3. The van der Waals surface area contributed by atoms with Crippen LogP contribution in [0.1, 0.15) is 5.69 Å². The molecule has 0 radical (unpaired) electrons. The van der Waals surface area contributed by atoms with Crippen LogP contribution in [0.3, 0.4) is 0 Å². The molecule has 0 aliphatic rings. The molecular formula is C13H8Cl2N2O. The Morgan fingerprint density at radius 3 is 2.61 bits per heavy atom. The van der Waals surface area contributed by atoms with Crippen LogP contribution in [0.25, 0.3) is 11.1 Å². The summed E-state index contributed by atoms with van der Waals surface area (Å²) in [5, 5.41) is 9.70. The molecule has 1 aromatic heterocycles. The van der Waals surface area contributed by atoms with Crippen molar-refractivity contribution < 1.29 is 4.74 Å². The minimum Gasteiger partial charge on any atom is -0.496 e. The molecule has 2 rings (SSSR count). The van der Waals surface area contributed by atoms with E-state index in [0.717, 1.165) is 11.1 Å². The van der Waals surface area contributed by atoms with Crippen LogP contribution in [0, 0.1) is 11.3 Å². The molecule has 0 spiro atoms. The van der Waals surface area contributed by atoms with Gasteiger partial charge in [0.15, 0.2) is 0 Å². The van der Waals surface area contributed by atoms with E-state index in [4.69, 9.17) is 33.2 Å². The van der Waals surface area contributed by atoms with Crippen molar-refractivity contribution in [3.63, 3.8) is 0 Å². The number of benzene rings is 1. The van der Waals surface area contributed by atoms with E-state index in [9.17, 15) is 0 Å². The summed E-state index contributed by atoms with van der Waals surface area (Å²) in [7, 11) is 1.55. The highest BCUT2D eigenvalue weighted by atomic mass is 35.5. The van der Waals surface area contributed by atoms with Crippen molar-refractivity contribution in [3.8, 4) is 22.9 Å². The Kier molecular flexibility index (Phi) is 3.71. The minimum absolute atomic E-state index is 0.334. The lowest BCUT2D eigenvalue weighted by Gasteiger charge is -2.10. The molecule has 5 heteroatoms. The number of rotatable bonds is 2. The van der Waals surface area contributed by atoms with Gasteiger partial charge in [-0.1, -0.05) is 23.2 Å². The summed E-state index contributed by atoms with van der Waals surface area (Å²) < 4.78 is 5.26. The first-order chi connectivity index (χ1) is 8.65. The van der Waals surface area contributed by atoms with E-state index in [0.29, 0.717) is 21.5 Å². The predicted molar refractivity (Wildman–Crippen MR) is 71.0 cm³/mol. The van der Waals surface area contributed by atoms with E-state index < -0.39 is 0 Å². The zero-order chi connectivity index (χ0) is 13.1. The van der Waals surface area contributed by atoms with Gasteiger partial charge in [0.25, 0.3) is 0 Å². The van der Waals surface area contributed by atoms with Crippen molar-refractivity contribution in [1.82, 2.24) is 4.98 Å². The fraction of sp³-hybridized carbons (Fsp3) is 0.0769. The number of nitriles is 1. The molecule has 0 atom stereocenters. The molecule has 0 saturated heterocycles. The summed E-state index contributed by atoms with van der Waals surface area (Å²) >= 11 is 11.9. The van der Waals surface area contributed by atoms with Gasteiger partial charge < -0.3 is 4.74 Å². The SMILES string of the molecule is COc1cc(Cl)c(Cl)cc1-c1ccnc(C#N)c1. The van der Waals surface area contributed by atoms with Crippen molar-refractivity contribution in [2.75, 3.05) is 7.11 Å². The van der Waals surface area contributed by atoms with E-state index >= 15 is 0 Å². The maximum Gasteiger partial charge on any atom is 0.141 e. The predicted octanol–water partition coefficient (Wildman–Crippen LogP) is 3.94. The molecule has 3 nitrogen and oxygen atoms in total. The van der Waals surface area contributed by atoms with Crippen molar-refractivity contribution in [2.24, 2.45) is 0 Å². The maximum atomic E-state index is 8.84. The van der Waals surface area contributed by atoms with Gasteiger partial charge in [-0.3, -0.25) is 0 Å². The Bertz CT molecular complexity index is 635. The first kappa shape index (κ1) is 12.7. The normalized spacial score (nSPS) is 9.89. The molecule has 0 bridgehead atoms. The van der Waals surface area contributed by atoms with Gasteiger partial charge in [-0.25, -0.2) is 4.98 Å². The number of halogens is 2. The van der Waals surface area contributed by atoms with Crippen LogP contribution < -0.4 is 4.74 Å². The lowest BCUT2D eigenvalue weighted by atomic mass is 10.1. The summed E-state index contributed by atoms with van der Waals surface area (Å²) in [6, 6.07) is 8.79. The summed E-state index contributed by atoms with van der Waals surface area (Å²) in [5.41, 5.74) is 1.91. The third kappa shape index (κ3) is 2.40. The van der Waals surface area contributed by atoms with Gasteiger partial charge in [0, 0.05) is 17.8 Å². The van der Waals surface area contributed by atoms with E-state index in [2.05, 4.69) is 4.98 Å². The summed E-state index contributed by atoms with van der Waals surface area (Å²) in [6.07, 6.45) is 1.57. The van der Waals surface area contributed by atoms with Gasteiger partial charge in [-0.05, 0) is 23.8 Å². The third-order valence-corrected chi connectivity index (χ3v) is 3.15. The van der Waals surface area contributed by atoms with Crippen LogP contribution in [-0.2, 0) is 0 Å². The molecule has 0 saturated carbocycles. The van der Waals surface area contributed by atoms with Crippen LogP contribution >= 0.6 is 23.2 Å². The Morgan fingerprint density at radius 1 is 1.22 bits per heavy atom. The Hall–Kier alpha value is -1.76. The van der Waals surface area contributed by atoms with Crippen molar-refractivity contribution in [3.05, 3.63) is 46.2 Å². The van der Waals surface area contributed by atoms with Gasteiger partial charge in [0.2, 0.25) is 0 Å². The number of methoxy groups -OCH3 is 1. The molecular weight excluding hydrogens is 271 g/mol. The van der Waals surface area contributed by atoms with E-state index in [1.807, 2.05) is 6.07 Å². The van der Waals surface area contributed by atoms with Crippen molar-refractivity contribution >= 4 is 23.2 Å². The molecule has 0 aliphatic heterocycles. The fourth-order valence-corrected chi connectivity index (χ4v) is 1.90. The maximum absolute atomic E-state index is 8.84. The van der Waals surface area contributed by atoms with Crippen LogP contribution in [0.2, 0.25) is 10.0 Å². The molecule has 0 aliphatic carbocycles. The van der Waals surface area contributed by atoms with Gasteiger partial charge in [0.1, 0.15) is 17.5 Å². The molecule has 1 aromatic carbocycles. The monoisotopic (exact) mass is 278 g/mol. The second kappa shape index (κ2) is 5.26.